The largest absolute Gasteiger partial charge is 0.381 e. The molecule has 2 heteroatoms. The van der Waals surface area contributed by atoms with Gasteiger partial charge in [0.25, 0.3) is 0 Å². The molecule has 108 valence electrons. The van der Waals surface area contributed by atoms with Crippen LogP contribution in [0.1, 0.15) is 51.6 Å². The molecule has 2 nitrogen and oxygen atoms in total. The van der Waals surface area contributed by atoms with Crippen LogP contribution in [0.15, 0.2) is 30.3 Å². The predicted molar refractivity (Wildman–Crippen MR) is 82.4 cm³/mol. The van der Waals surface area contributed by atoms with Gasteiger partial charge in [-0.25, -0.2) is 0 Å². The fourth-order valence-corrected chi connectivity index (χ4v) is 2.29. The number of nitrogens with one attached hydrogen (secondary N) is 1. The Bertz CT molecular complexity index is 312. The average molecular weight is 263 g/mol. The maximum Gasteiger partial charge on any atom is 0.0469 e. The third-order valence-electron chi connectivity index (χ3n) is 3.41. The Hall–Kier alpha value is -0.860. The minimum atomic E-state index is 0.436. The Balaban J connectivity index is 2.53. The first-order valence-electron chi connectivity index (χ1n) is 7.65. The fourth-order valence-electron chi connectivity index (χ4n) is 2.29. The normalized spacial score (nSPS) is 14.3. The topological polar surface area (TPSA) is 21.3 Å². The van der Waals surface area contributed by atoms with E-state index in [-0.39, 0.29) is 0 Å². The van der Waals surface area contributed by atoms with Gasteiger partial charge in [-0.05, 0) is 37.3 Å². The smallest absolute Gasteiger partial charge is 0.0469 e. The highest BCUT2D eigenvalue weighted by Crippen LogP contribution is 2.24. The van der Waals surface area contributed by atoms with Crippen LogP contribution in [0.4, 0.5) is 0 Å². The number of rotatable bonds is 10. The number of hydrogen-bond acceptors (Lipinski definition) is 2. The lowest BCUT2D eigenvalue weighted by molar-refractivity contribution is 0.117. The molecule has 1 N–H and O–H groups in total. The van der Waals surface area contributed by atoms with Crippen molar-refractivity contribution in [1.29, 1.82) is 0 Å². The molecule has 0 bridgehead atoms. The van der Waals surface area contributed by atoms with E-state index in [1.54, 1.807) is 0 Å². The summed E-state index contributed by atoms with van der Waals surface area (Å²) < 4.78 is 5.62. The van der Waals surface area contributed by atoms with Crippen LogP contribution in [-0.4, -0.2) is 19.8 Å². The van der Waals surface area contributed by atoms with Gasteiger partial charge in [0, 0.05) is 19.3 Å². The standard InChI is InChI=1S/C17H29NO/c1-4-12-18-17(16-9-7-6-8-10-16)15(3)11-14-19-13-5-2/h6-10,15,17-18H,4-5,11-14H2,1-3H3. The minimum absolute atomic E-state index is 0.436. The van der Waals surface area contributed by atoms with Gasteiger partial charge < -0.3 is 10.1 Å². The SMILES string of the molecule is CCCNC(c1ccccc1)C(C)CCOCCC. The third kappa shape index (κ3) is 6.22. The van der Waals surface area contributed by atoms with Crippen LogP contribution in [0.25, 0.3) is 0 Å². The lowest BCUT2D eigenvalue weighted by Gasteiger charge is -2.25. The van der Waals surface area contributed by atoms with E-state index < -0.39 is 0 Å². The van der Waals surface area contributed by atoms with Gasteiger partial charge in [-0.3, -0.25) is 0 Å². The van der Waals surface area contributed by atoms with Crippen LogP contribution in [-0.2, 0) is 4.74 Å². The first-order valence-corrected chi connectivity index (χ1v) is 7.65. The zero-order chi connectivity index (χ0) is 13.9. The second-order valence-electron chi connectivity index (χ2n) is 5.22. The summed E-state index contributed by atoms with van der Waals surface area (Å²) in [6, 6.07) is 11.2. The molecule has 0 heterocycles. The van der Waals surface area contributed by atoms with Gasteiger partial charge >= 0.3 is 0 Å². The Morgan fingerprint density at radius 3 is 2.42 bits per heavy atom. The first-order chi connectivity index (χ1) is 9.29. The molecule has 0 amide bonds. The second kappa shape index (κ2) is 9.99. The summed E-state index contributed by atoms with van der Waals surface area (Å²) in [7, 11) is 0. The van der Waals surface area contributed by atoms with E-state index in [4.69, 9.17) is 4.74 Å². The van der Waals surface area contributed by atoms with E-state index in [0.29, 0.717) is 12.0 Å². The molecule has 0 aromatic heterocycles. The maximum absolute atomic E-state index is 5.62. The molecule has 0 saturated carbocycles. The summed E-state index contributed by atoms with van der Waals surface area (Å²) in [5.74, 6) is 0.589. The van der Waals surface area contributed by atoms with Crippen molar-refractivity contribution in [2.24, 2.45) is 5.92 Å². The lowest BCUT2D eigenvalue weighted by Crippen LogP contribution is -2.28. The Morgan fingerprint density at radius 2 is 1.79 bits per heavy atom. The summed E-state index contributed by atoms with van der Waals surface area (Å²) in [4.78, 5) is 0. The molecule has 0 spiro atoms. The van der Waals surface area contributed by atoms with Crippen molar-refractivity contribution in [3.8, 4) is 0 Å². The quantitative estimate of drug-likeness (QED) is 0.639. The number of benzene rings is 1. The molecule has 0 saturated heterocycles. The fraction of sp³-hybridized carbons (Fsp3) is 0.647. The molecule has 1 rings (SSSR count). The zero-order valence-electron chi connectivity index (χ0n) is 12.7. The van der Waals surface area contributed by atoms with Crippen molar-refractivity contribution in [3.63, 3.8) is 0 Å². The molecule has 0 aliphatic carbocycles. The number of ether oxygens (including phenoxy) is 1. The first kappa shape index (κ1) is 16.2. The Labute approximate surface area is 118 Å². The second-order valence-corrected chi connectivity index (χ2v) is 5.22. The van der Waals surface area contributed by atoms with Crippen LogP contribution >= 0.6 is 0 Å². The molecule has 19 heavy (non-hydrogen) atoms. The van der Waals surface area contributed by atoms with Gasteiger partial charge in [0.05, 0.1) is 0 Å². The van der Waals surface area contributed by atoms with Gasteiger partial charge in [-0.1, -0.05) is 51.1 Å². The van der Waals surface area contributed by atoms with E-state index in [9.17, 15) is 0 Å². The molecular formula is C17H29NO. The van der Waals surface area contributed by atoms with E-state index in [1.807, 2.05) is 0 Å². The summed E-state index contributed by atoms with van der Waals surface area (Å²) in [5, 5.41) is 3.67. The Morgan fingerprint density at radius 1 is 1.05 bits per heavy atom. The van der Waals surface area contributed by atoms with Crippen molar-refractivity contribution in [1.82, 2.24) is 5.32 Å². The molecule has 1 aromatic rings. The molecule has 0 aliphatic rings. The Kier molecular flexibility index (Phi) is 8.52. The van der Waals surface area contributed by atoms with Gasteiger partial charge in [-0.15, -0.1) is 0 Å². The van der Waals surface area contributed by atoms with Crippen molar-refractivity contribution in [2.75, 3.05) is 19.8 Å². The van der Waals surface area contributed by atoms with Gasteiger partial charge in [0.15, 0.2) is 0 Å². The maximum atomic E-state index is 5.62. The van der Waals surface area contributed by atoms with E-state index in [1.165, 1.54) is 12.0 Å². The van der Waals surface area contributed by atoms with Gasteiger partial charge in [-0.2, -0.15) is 0 Å². The van der Waals surface area contributed by atoms with Crippen LogP contribution in [0.5, 0.6) is 0 Å². The molecule has 0 fully saturated rings. The van der Waals surface area contributed by atoms with Crippen LogP contribution in [0.2, 0.25) is 0 Å². The van der Waals surface area contributed by atoms with E-state index in [2.05, 4.69) is 56.4 Å². The average Bonchev–Trinajstić information content (AvgIpc) is 2.45. The monoisotopic (exact) mass is 263 g/mol. The number of hydrogen-bond donors (Lipinski definition) is 1. The third-order valence-corrected chi connectivity index (χ3v) is 3.41. The molecule has 0 radical (unpaired) electrons. The summed E-state index contributed by atoms with van der Waals surface area (Å²) in [6.07, 6.45) is 3.38. The summed E-state index contributed by atoms with van der Waals surface area (Å²) in [5.41, 5.74) is 1.39. The molecule has 1 aromatic carbocycles. The summed E-state index contributed by atoms with van der Waals surface area (Å²) >= 11 is 0. The lowest BCUT2D eigenvalue weighted by atomic mass is 9.92. The van der Waals surface area contributed by atoms with E-state index in [0.717, 1.165) is 32.6 Å². The molecule has 2 atom stereocenters. The van der Waals surface area contributed by atoms with Gasteiger partial charge in [0.1, 0.15) is 0 Å². The highest BCUT2D eigenvalue weighted by Gasteiger charge is 2.18. The van der Waals surface area contributed by atoms with Crippen molar-refractivity contribution in [2.45, 2.75) is 46.1 Å². The van der Waals surface area contributed by atoms with Crippen LogP contribution < -0.4 is 5.32 Å². The highest BCUT2D eigenvalue weighted by molar-refractivity contribution is 5.19. The predicted octanol–water partition coefficient (Wildman–Crippen LogP) is 4.18. The summed E-state index contributed by atoms with van der Waals surface area (Å²) in [6.45, 7) is 9.50. The van der Waals surface area contributed by atoms with Gasteiger partial charge in [0.2, 0.25) is 0 Å². The van der Waals surface area contributed by atoms with Crippen LogP contribution in [0, 0.1) is 5.92 Å². The minimum Gasteiger partial charge on any atom is -0.381 e. The zero-order valence-corrected chi connectivity index (χ0v) is 12.7. The van der Waals surface area contributed by atoms with Crippen molar-refractivity contribution < 1.29 is 4.74 Å². The molecule has 2 unspecified atom stereocenters. The van der Waals surface area contributed by atoms with Crippen LogP contribution in [0.3, 0.4) is 0 Å². The van der Waals surface area contributed by atoms with Crippen molar-refractivity contribution in [3.05, 3.63) is 35.9 Å². The molecular weight excluding hydrogens is 234 g/mol. The highest BCUT2D eigenvalue weighted by atomic mass is 16.5. The van der Waals surface area contributed by atoms with Crippen molar-refractivity contribution >= 4 is 0 Å². The molecule has 0 aliphatic heterocycles. The van der Waals surface area contributed by atoms with E-state index >= 15 is 0 Å².